The van der Waals surface area contributed by atoms with E-state index >= 15 is 0 Å². The third-order valence-corrected chi connectivity index (χ3v) is 11.3. The maximum absolute atomic E-state index is 13.1. The van der Waals surface area contributed by atoms with Crippen LogP contribution in [0.15, 0.2) is 12.2 Å². The van der Waals surface area contributed by atoms with Gasteiger partial charge in [-0.1, -0.05) is 213 Å². The molecule has 0 saturated carbocycles. The number of rotatable bonds is 44. The highest BCUT2D eigenvalue weighted by Crippen LogP contribution is 2.18. The number of hydrogen-bond donors (Lipinski definition) is 3. The molecule has 3 N–H and O–H groups in total. The Morgan fingerprint density at radius 2 is 0.873 bits per heavy atom. The maximum atomic E-state index is 13.1. The molecule has 326 valence electrons. The summed E-state index contributed by atoms with van der Waals surface area (Å²) >= 11 is 0. The van der Waals surface area contributed by atoms with Crippen LogP contribution in [0.5, 0.6) is 0 Å². The topological polar surface area (TPSA) is 95.9 Å². The number of ether oxygens (including phenoxy) is 1. The van der Waals surface area contributed by atoms with Crippen molar-refractivity contribution in [2.75, 3.05) is 6.61 Å². The monoisotopic (exact) mass is 778 g/mol. The average molecular weight is 778 g/mol. The fourth-order valence-electron chi connectivity index (χ4n) is 7.60. The van der Waals surface area contributed by atoms with Crippen LogP contribution >= 0.6 is 0 Å². The maximum Gasteiger partial charge on any atom is 0.306 e. The Balaban J connectivity index is 4.41. The second-order valence-corrected chi connectivity index (χ2v) is 16.9. The molecule has 55 heavy (non-hydrogen) atoms. The molecule has 0 bridgehead atoms. The van der Waals surface area contributed by atoms with E-state index in [4.69, 9.17) is 4.74 Å². The summed E-state index contributed by atoms with van der Waals surface area (Å²) in [6, 6.07) is -0.693. The Morgan fingerprint density at radius 1 is 0.509 bits per heavy atom. The van der Waals surface area contributed by atoms with Crippen molar-refractivity contribution in [3.8, 4) is 0 Å². The van der Waals surface area contributed by atoms with Crippen molar-refractivity contribution in [1.29, 1.82) is 0 Å². The summed E-state index contributed by atoms with van der Waals surface area (Å²) in [6.07, 6.45) is 47.1. The minimum absolute atomic E-state index is 0.0815. The van der Waals surface area contributed by atoms with Crippen molar-refractivity contribution < 1.29 is 24.5 Å². The van der Waals surface area contributed by atoms with Crippen molar-refractivity contribution in [2.24, 2.45) is 0 Å². The van der Waals surface area contributed by atoms with Crippen molar-refractivity contribution in [3.63, 3.8) is 0 Å². The van der Waals surface area contributed by atoms with Crippen molar-refractivity contribution >= 4 is 11.9 Å². The van der Waals surface area contributed by atoms with Gasteiger partial charge in [0.2, 0.25) is 5.91 Å². The van der Waals surface area contributed by atoms with Crippen molar-refractivity contribution in [1.82, 2.24) is 5.32 Å². The predicted octanol–water partition coefficient (Wildman–Crippen LogP) is 14.2. The fraction of sp³-hybridized carbons (Fsp3) is 0.918. The Bertz CT molecular complexity index is 832. The van der Waals surface area contributed by atoms with Crippen molar-refractivity contribution in [2.45, 2.75) is 283 Å². The molecule has 0 aromatic heterocycles. The highest BCUT2D eigenvalue weighted by Gasteiger charge is 2.24. The number of carbonyl (C=O) groups excluding carboxylic acids is 2. The lowest BCUT2D eigenvalue weighted by atomic mass is 10.0. The first-order valence-corrected chi connectivity index (χ1v) is 24.4. The number of allylic oxidation sites excluding steroid dienone is 2. The summed E-state index contributed by atoms with van der Waals surface area (Å²) in [5.41, 5.74) is 0. The summed E-state index contributed by atoms with van der Waals surface area (Å²) in [4.78, 5) is 26.0. The largest absolute Gasteiger partial charge is 0.462 e. The van der Waals surface area contributed by atoms with Crippen LogP contribution in [0, 0.1) is 0 Å². The van der Waals surface area contributed by atoms with E-state index in [1.807, 2.05) is 0 Å². The van der Waals surface area contributed by atoms with Crippen LogP contribution in [-0.4, -0.2) is 46.9 Å². The van der Waals surface area contributed by atoms with Crippen molar-refractivity contribution in [3.05, 3.63) is 12.2 Å². The molecular formula is C49H95NO5. The summed E-state index contributed by atoms with van der Waals surface area (Å²) in [6.45, 7) is 6.46. The van der Waals surface area contributed by atoms with Crippen LogP contribution < -0.4 is 5.32 Å². The number of nitrogens with one attached hydrogen (secondary N) is 1. The first-order valence-electron chi connectivity index (χ1n) is 24.4. The Labute approximate surface area is 342 Å². The first kappa shape index (κ1) is 53.6. The molecule has 0 radical (unpaired) electrons. The molecule has 1 amide bonds. The third kappa shape index (κ3) is 39.2. The van der Waals surface area contributed by atoms with Gasteiger partial charge in [-0.2, -0.15) is 0 Å². The van der Waals surface area contributed by atoms with E-state index in [1.54, 1.807) is 0 Å². The van der Waals surface area contributed by atoms with Gasteiger partial charge in [0.1, 0.15) is 6.10 Å². The average Bonchev–Trinajstić information content (AvgIpc) is 3.18. The number of amides is 1. The molecular weight excluding hydrogens is 683 g/mol. The normalized spacial score (nSPS) is 13.3. The summed E-state index contributed by atoms with van der Waals surface area (Å²) < 4.78 is 5.90. The van der Waals surface area contributed by atoms with Gasteiger partial charge >= 0.3 is 5.97 Å². The molecule has 0 aliphatic carbocycles. The van der Waals surface area contributed by atoms with Crippen LogP contribution in [-0.2, 0) is 14.3 Å². The van der Waals surface area contributed by atoms with Gasteiger partial charge in [0.25, 0.3) is 0 Å². The van der Waals surface area contributed by atoms with Crippen LogP contribution in [0.1, 0.15) is 265 Å². The fourth-order valence-corrected chi connectivity index (χ4v) is 7.60. The van der Waals surface area contributed by atoms with Gasteiger partial charge in [-0.15, -0.1) is 0 Å². The Morgan fingerprint density at radius 3 is 1.29 bits per heavy atom. The molecule has 0 aromatic carbocycles. The van der Waals surface area contributed by atoms with Crippen LogP contribution in [0.2, 0.25) is 0 Å². The van der Waals surface area contributed by atoms with Crippen LogP contribution in [0.4, 0.5) is 0 Å². The van der Waals surface area contributed by atoms with E-state index in [0.29, 0.717) is 19.3 Å². The minimum Gasteiger partial charge on any atom is -0.462 e. The third-order valence-electron chi connectivity index (χ3n) is 11.3. The lowest BCUT2D eigenvalue weighted by Gasteiger charge is -2.24. The zero-order valence-corrected chi connectivity index (χ0v) is 37.1. The van der Waals surface area contributed by atoms with E-state index in [0.717, 1.165) is 44.9 Å². The van der Waals surface area contributed by atoms with Gasteiger partial charge in [0, 0.05) is 6.42 Å². The van der Waals surface area contributed by atoms with E-state index in [1.165, 1.54) is 173 Å². The number of carbonyl (C=O) groups is 2. The van der Waals surface area contributed by atoms with Gasteiger partial charge in [0.05, 0.1) is 25.2 Å². The lowest BCUT2D eigenvalue weighted by molar-refractivity contribution is -0.151. The van der Waals surface area contributed by atoms with Gasteiger partial charge in [-0.25, -0.2) is 0 Å². The molecule has 0 heterocycles. The molecule has 0 spiro atoms. The van der Waals surface area contributed by atoms with E-state index in [2.05, 4.69) is 38.2 Å². The van der Waals surface area contributed by atoms with E-state index < -0.39 is 18.2 Å². The minimum atomic E-state index is -0.780. The van der Waals surface area contributed by atoms with E-state index in [9.17, 15) is 19.8 Å². The van der Waals surface area contributed by atoms with Gasteiger partial charge in [0.15, 0.2) is 0 Å². The zero-order valence-electron chi connectivity index (χ0n) is 37.1. The number of esters is 1. The smallest absolute Gasteiger partial charge is 0.306 e. The molecule has 3 atom stereocenters. The summed E-state index contributed by atoms with van der Waals surface area (Å²) in [5.74, 6) is -0.469. The standard InChI is InChI=1S/C49H95NO5/c1-4-7-10-13-16-19-21-22-23-24-25-26-28-30-33-36-39-42-49(54)55-45(40-37-34-31-18-15-12-9-6-3)43-48(53)50-46(44-51)47(52)41-38-35-32-29-27-20-17-14-11-8-5-2/h22-23,45-47,51-52H,4-21,24-44H2,1-3H3,(H,50,53)/b23-22+. The first-order chi connectivity index (χ1) is 27.0. The Hall–Kier alpha value is -1.40. The SMILES string of the molecule is CCCCCCCC/C=C/CCCCCCCCCC(=O)OC(CCCCCCCCCC)CC(=O)NC(CO)C(O)CCCCCCCCCCCCC. The van der Waals surface area contributed by atoms with E-state index in [-0.39, 0.29) is 24.9 Å². The van der Waals surface area contributed by atoms with Gasteiger partial charge < -0.3 is 20.3 Å². The molecule has 6 nitrogen and oxygen atoms in total. The van der Waals surface area contributed by atoms with Crippen LogP contribution in [0.25, 0.3) is 0 Å². The summed E-state index contributed by atoms with van der Waals surface area (Å²) in [5, 5.41) is 23.6. The summed E-state index contributed by atoms with van der Waals surface area (Å²) in [7, 11) is 0. The molecule has 0 rings (SSSR count). The number of unbranched alkanes of at least 4 members (excludes halogenated alkanes) is 30. The number of hydrogen-bond acceptors (Lipinski definition) is 5. The molecule has 0 aliphatic rings. The molecule has 0 aliphatic heterocycles. The number of aliphatic hydroxyl groups is 2. The van der Waals surface area contributed by atoms with Gasteiger partial charge in [-0.3, -0.25) is 9.59 Å². The Kier molecular flexibility index (Phi) is 42.6. The number of aliphatic hydroxyl groups excluding tert-OH is 2. The van der Waals surface area contributed by atoms with Crippen LogP contribution in [0.3, 0.4) is 0 Å². The van der Waals surface area contributed by atoms with Gasteiger partial charge in [-0.05, 0) is 51.4 Å². The molecule has 0 fully saturated rings. The second-order valence-electron chi connectivity index (χ2n) is 16.9. The molecule has 3 unspecified atom stereocenters. The zero-order chi connectivity index (χ0) is 40.3. The quantitative estimate of drug-likeness (QED) is 0.0325. The second kappa shape index (κ2) is 43.7. The molecule has 6 heteroatoms. The highest BCUT2D eigenvalue weighted by molar-refractivity contribution is 5.77. The predicted molar refractivity (Wildman–Crippen MR) is 237 cm³/mol. The molecule has 0 saturated heterocycles. The lowest BCUT2D eigenvalue weighted by Crippen LogP contribution is -2.46. The highest BCUT2D eigenvalue weighted by atomic mass is 16.5. The molecule has 0 aromatic rings.